The molecule has 0 bridgehead atoms. The van der Waals surface area contributed by atoms with Crippen LogP contribution < -0.4 is 15.1 Å². The number of nitrogens with one attached hydrogen (secondary N) is 1. The van der Waals surface area contributed by atoms with Crippen molar-refractivity contribution in [3.8, 4) is 0 Å². The normalized spacial score (nSPS) is 14.3. The molecule has 1 amide bonds. The molecule has 6 nitrogen and oxygen atoms in total. The van der Waals surface area contributed by atoms with E-state index in [0.29, 0.717) is 44.2 Å². The quantitative estimate of drug-likeness (QED) is 0.841. The first kappa shape index (κ1) is 16.9. The number of carbonyl (C=O) groups excluding carboxylic acids is 1. The molecule has 1 aliphatic rings. The van der Waals surface area contributed by atoms with Crippen molar-refractivity contribution in [1.29, 1.82) is 0 Å². The summed E-state index contributed by atoms with van der Waals surface area (Å²) in [5, 5.41) is 10.8. The molecular formula is C18H20FN5O. The Morgan fingerprint density at radius 1 is 1.12 bits per heavy atom. The fraction of sp³-hybridized carbons (Fsp3) is 0.278. The van der Waals surface area contributed by atoms with Gasteiger partial charge in [0.05, 0.1) is 5.69 Å². The van der Waals surface area contributed by atoms with Crippen LogP contribution in [-0.2, 0) is 0 Å². The van der Waals surface area contributed by atoms with Crippen LogP contribution in [0.5, 0.6) is 0 Å². The lowest BCUT2D eigenvalue weighted by molar-refractivity contribution is 0.0952. The number of anilines is 2. The summed E-state index contributed by atoms with van der Waals surface area (Å²) in [5.41, 5.74) is 0.901. The average Bonchev–Trinajstić information content (AvgIpc) is 2.67. The van der Waals surface area contributed by atoms with Gasteiger partial charge in [-0.05, 0) is 24.3 Å². The van der Waals surface area contributed by atoms with Crippen molar-refractivity contribution in [2.24, 2.45) is 0 Å². The Hall–Kier alpha value is -2.96. The summed E-state index contributed by atoms with van der Waals surface area (Å²) in [5.74, 6) is 0.238. The van der Waals surface area contributed by atoms with Crippen LogP contribution in [0.3, 0.4) is 0 Å². The van der Waals surface area contributed by atoms with E-state index in [4.69, 9.17) is 0 Å². The van der Waals surface area contributed by atoms with Crippen LogP contribution >= 0.6 is 0 Å². The molecule has 1 aromatic heterocycles. The zero-order valence-corrected chi connectivity index (χ0v) is 13.9. The number of halogens is 1. The lowest BCUT2D eigenvalue weighted by Crippen LogP contribution is -2.47. The minimum absolute atomic E-state index is 0.203. The second-order valence-corrected chi connectivity index (χ2v) is 5.70. The van der Waals surface area contributed by atoms with E-state index in [1.807, 2.05) is 11.0 Å². The molecule has 130 valence electrons. The molecule has 0 saturated carbocycles. The lowest BCUT2D eigenvalue weighted by Gasteiger charge is -2.36. The van der Waals surface area contributed by atoms with Gasteiger partial charge in [-0.25, -0.2) is 4.39 Å². The summed E-state index contributed by atoms with van der Waals surface area (Å²) in [6.07, 6.45) is 1.61. The Morgan fingerprint density at radius 2 is 1.84 bits per heavy atom. The zero-order valence-electron chi connectivity index (χ0n) is 13.9. The first-order valence-electron chi connectivity index (χ1n) is 8.16. The van der Waals surface area contributed by atoms with Gasteiger partial charge < -0.3 is 15.1 Å². The first-order chi connectivity index (χ1) is 12.2. The molecule has 7 heteroatoms. The molecule has 2 aromatic rings. The van der Waals surface area contributed by atoms with Crippen molar-refractivity contribution in [3.05, 3.63) is 60.6 Å². The van der Waals surface area contributed by atoms with Gasteiger partial charge >= 0.3 is 0 Å². The van der Waals surface area contributed by atoms with Crippen molar-refractivity contribution in [3.63, 3.8) is 0 Å². The van der Waals surface area contributed by atoms with Gasteiger partial charge in [0.1, 0.15) is 5.82 Å². The smallest absolute Gasteiger partial charge is 0.272 e. The van der Waals surface area contributed by atoms with E-state index in [1.165, 1.54) is 6.07 Å². The number of nitrogens with zero attached hydrogens (tertiary/aromatic N) is 4. The molecule has 0 aliphatic carbocycles. The third kappa shape index (κ3) is 3.93. The topological polar surface area (TPSA) is 61.4 Å². The first-order valence-corrected chi connectivity index (χ1v) is 8.16. The van der Waals surface area contributed by atoms with Gasteiger partial charge in [0.15, 0.2) is 11.5 Å². The third-order valence-electron chi connectivity index (χ3n) is 4.09. The van der Waals surface area contributed by atoms with E-state index in [0.717, 1.165) is 0 Å². The Balaban J connectivity index is 1.60. The van der Waals surface area contributed by atoms with Crippen molar-refractivity contribution >= 4 is 17.4 Å². The molecule has 1 aliphatic heterocycles. The molecular weight excluding hydrogens is 321 g/mol. The van der Waals surface area contributed by atoms with Gasteiger partial charge in [-0.1, -0.05) is 18.2 Å². The molecule has 0 radical (unpaired) electrons. The van der Waals surface area contributed by atoms with Crippen LogP contribution in [-0.4, -0.2) is 48.8 Å². The second kappa shape index (κ2) is 7.74. The molecule has 0 atom stereocenters. The number of carbonyl (C=O) groups is 1. The summed E-state index contributed by atoms with van der Waals surface area (Å²) >= 11 is 0. The molecule has 2 heterocycles. The summed E-state index contributed by atoms with van der Waals surface area (Å²) < 4.78 is 13.9. The highest BCUT2D eigenvalue weighted by Gasteiger charge is 2.20. The Bertz CT molecular complexity index is 741. The SMILES string of the molecule is C=CCNC(=O)c1ccc(N2CCN(c3ccccc3F)CC2)nn1. The van der Waals surface area contributed by atoms with E-state index in [9.17, 15) is 9.18 Å². The maximum absolute atomic E-state index is 13.9. The van der Waals surface area contributed by atoms with Gasteiger partial charge in [-0.2, -0.15) is 0 Å². The van der Waals surface area contributed by atoms with Gasteiger partial charge in [-0.15, -0.1) is 16.8 Å². The molecule has 0 spiro atoms. The maximum atomic E-state index is 13.9. The van der Waals surface area contributed by atoms with Crippen LogP contribution in [0.15, 0.2) is 49.1 Å². The van der Waals surface area contributed by atoms with Gasteiger partial charge in [0.2, 0.25) is 0 Å². The Kier molecular flexibility index (Phi) is 5.23. The van der Waals surface area contributed by atoms with Gasteiger partial charge in [-0.3, -0.25) is 4.79 Å². The molecule has 0 unspecified atom stereocenters. The lowest BCUT2D eigenvalue weighted by atomic mass is 10.2. The van der Waals surface area contributed by atoms with E-state index in [2.05, 4.69) is 27.0 Å². The summed E-state index contributed by atoms with van der Waals surface area (Å²) in [6, 6.07) is 10.2. The Morgan fingerprint density at radius 3 is 2.48 bits per heavy atom. The predicted molar refractivity (Wildman–Crippen MR) is 95.4 cm³/mol. The monoisotopic (exact) mass is 341 g/mol. The number of rotatable bonds is 5. The van der Waals surface area contributed by atoms with E-state index < -0.39 is 0 Å². The van der Waals surface area contributed by atoms with Crippen LogP contribution in [0.4, 0.5) is 15.9 Å². The number of hydrogen-bond donors (Lipinski definition) is 1. The molecule has 1 N–H and O–H groups in total. The maximum Gasteiger partial charge on any atom is 0.272 e. The number of amides is 1. The standard InChI is InChI=1S/C18H20FN5O/c1-2-9-20-18(25)15-7-8-17(22-21-15)24-12-10-23(11-13-24)16-6-4-3-5-14(16)19/h2-8H,1,9-13H2,(H,20,25). The number of benzene rings is 1. The van der Waals surface area contributed by atoms with Crippen molar-refractivity contribution < 1.29 is 9.18 Å². The van der Waals surface area contributed by atoms with Crippen molar-refractivity contribution in [1.82, 2.24) is 15.5 Å². The summed E-state index contributed by atoms with van der Waals surface area (Å²) in [4.78, 5) is 15.9. The van der Waals surface area contributed by atoms with Crippen LogP contribution in [0.1, 0.15) is 10.5 Å². The molecule has 3 rings (SSSR count). The molecule has 25 heavy (non-hydrogen) atoms. The fourth-order valence-electron chi connectivity index (χ4n) is 2.76. The number of aromatic nitrogens is 2. The number of hydrogen-bond acceptors (Lipinski definition) is 5. The van der Waals surface area contributed by atoms with Gasteiger partial charge in [0.25, 0.3) is 5.91 Å². The molecule has 1 aromatic carbocycles. The molecule has 1 fully saturated rings. The van der Waals surface area contributed by atoms with E-state index in [1.54, 1.807) is 30.3 Å². The van der Waals surface area contributed by atoms with E-state index >= 15 is 0 Å². The number of piperazine rings is 1. The van der Waals surface area contributed by atoms with Crippen molar-refractivity contribution in [2.45, 2.75) is 0 Å². The van der Waals surface area contributed by atoms with Gasteiger partial charge in [0, 0.05) is 32.7 Å². The highest BCUT2D eigenvalue weighted by atomic mass is 19.1. The highest BCUT2D eigenvalue weighted by molar-refractivity contribution is 5.92. The third-order valence-corrected chi connectivity index (χ3v) is 4.09. The van der Waals surface area contributed by atoms with Crippen LogP contribution in [0.25, 0.3) is 0 Å². The van der Waals surface area contributed by atoms with E-state index in [-0.39, 0.29) is 17.4 Å². The molecule has 1 saturated heterocycles. The van der Waals surface area contributed by atoms with Crippen molar-refractivity contribution in [2.75, 3.05) is 42.5 Å². The largest absolute Gasteiger partial charge is 0.366 e. The number of para-hydroxylation sites is 1. The minimum Gasteiger partial charge on any atom is -0.366 e. The Labute approximate surface area is 146 Å². The fourth-order valence-corrected chi connectivity index (χ4v) is 2.76. The predicted octanol–water partition coefficient (Wildman–Crippen LogP) is 1.86. The second-order valence-electron chi connectivity index (χ2n) is 5.70. The van der Waals surface area contributed by atoms with Crippen LogP contribution in [0, 0.1) is 5.82 Å². The zero-order chi connectivity index (χ0) is 17.6. The van der Waals surface area contributed by atoms with Crippen LogP contribution in [0.2, 0.25) is 0 Å². The minimum atomic E-state index is -0.275. The summed E-state index contributed by atoms with van der Waals surface area (Å²) in [7, 11) is 0. The summed E-state index contributed by atoms with van der Waals surface area (Å²) in [6.45, 7) is 6.76. The average molecular weight is 341 g/mol. The highest BCUT2D eigenvalue weighted by Crippen LogP contribution is 2.21.